The maximum atomic E-state index is 12.5. The van der Waals surface area contributed by atoms with E-state index in [2.05, 4.69) is 36.5 Å². The zero-order valence-corrected chi connectivity index (χ0v) is 16.9. The third kappa shape index (κ3) is 3.86. The van der Waals surface area contributed by atoms with Gasteiger partial charge in [-0.15, -0.1) is 0 Å². The summed E-state index contributed by atoms with van der Waals surface area (Å²) in [4.78, 5) is 24.7. The molecule has 2 aliphatic rings. The molecule has 0 aliphatic heterocycles. The Kier molecular flexibility index (Phi) is 5.31. The van der Waals surface area contributed by atoms with Gasteiger partial charge in [-0.2, -0.15) is 0 Å². The lowest BCUT2D eigenvalue weighted by atomic mass is 9.67. The summed E-state index contributed by atoms with van der Waals surface area (Å²) < 4.78 is 10.5. The minimum Gasteiger partial charge on any atom is -0.467 e. The molecule has 2 aromatic carbocycles. The summed E-state index contributed by atoms with van der Waals surface area (Å²) in [5, 5.41) is 2.73. The molecule has 1 atom stereocenters. The lowest BCUT2D eigenvalue weighted by Crippen LogP contribution is -2.46. The zero-order chi connectivity index (χ0) is 20.4. The molecule has 0 aromatic heterocycles. The second kappa shape index (κ2) is 7.90. The van der Waals surface area contributed by atoms with Crippen LogP contribution in [0.3, 0.4) is 0 Å². The predicted octanol–water partition coefficient (Wildman–Crippen LogP) is 4.65. The van der Waals surface area contributed by atoms with Crippen LogP contribution in [0.15, 0.2) is 48.5 Å². The summed E-state index contributed by atoms with van der Waals surface area (Å²) in [6, 6.07) is 15.7. The molecule has 5 heteroatoms. The summed E-state index contributed by atoms with van der Waals surface area (Å²) in [5.74, 6) is -0.430. The van der Waals surface area contributed by atoms with E-state index in [0.29, 0.717) is 6.42 Å². The number of fused-ring (bicyclic) bond motifs is 3. The highest BCUT2D eigenvalue weighted by Crippen LogP contribution is 2.45. The maximum absolute atomic E-state index is 12.5. The van der Waals surface area contributed by atoms with E-state index in [-0.39, 0.29) is 17.9 Å². The topological polar surface area (TPSA) is 64.6 Å². The first-order valence-electron chi connectivity index (χ1n) is 10.2. The van der Waals surface area contributed by atoms with E-state index in [9.17, 15) is 9.59 Å². The van der Waals surface area contributed by atoms with E-state index in [0.717, 1.165) is 30.4 Å². The smallest absolute Gasteiger partial charge is 0.407 e. The molecule has 0 heterocycles. The maximum Gasteiger partial charge on any atom is 0.407 e. The Morgan fingerprint density at radius 3 is 2.17 bits per heavy atom. The van der Waals surface area contributed by atoms with E-state index >= 15 is 0 Å². The molecule has 0 bridgehead atoms. The van der Waals surface area contributed by atoms with Crippen molar-refractivity contribution in [3.63, 3.8) is 0 Å². The van der Waals surface area contributed by atoms with Crippen molar-refractivity contribution in [1.82, 2.24) is 5.32 Å². The second-order valence-electron chi connectivity index (χ2n) is 8.41. The summed E-state index contributed by atoms with van der Waals surface area (Å²) in [6.45, 7) is 2.37. The summed E-state index contributed by atoms with van der Waals surface area (Å²) in [5.41, 5.74) is 4.76. The standard InChI is InChI=1S/C24H27NO4/c1-24(12-7-13-24)14-21(22(26)28-2)25-23(27)29-15-20-18-10-5-3-8-16(18)17-9-4-6-11-19(17)20/h3-6,8-11,20-21H,7,12-15H2,1-2H3,(H,25,27)/t21-/m1/s1. The van der Waals surface area contributed by atoms with Gasteiger partial charge in [0.15, 0.2) is 0 Å². The minimum absolute atomic E-state index is 0.00567. The van der Waals surface area contributed by atoms with E-state index < -0.39 is 18.1 Å². The number of amides is 1. The number of esters is 1. The molecular formula is C24H27NO4. The minimum atomic E-state index is -0.680. The quantitative estimate of drug-likeness (QED) is 0.726. The number of nitrogens with one attached hydrogen (secondary N) is 1. The number of benzene rings is 2. The molecule has 2 aliphatic carbocycles. The Morgan fingerprint density at radius 2 is 1.66 bits per heavy atom. The van der Waals surface area contributed by atoms with Gasteiger partial charge in [0, 0.05) is 5.92 Å². The van der Waals surface area contributed by atoms with Crippen LogP contribution in [0.25, 0.3) is 11.1 Å². The van der Waals surface area contributed by atoms with Crippen molar-refractivity contribution < 1.29 is 19.1 Å². The van der Waals surface area contributed by atoms with Crippen LogP contribution >= 0.6 is 0 Å². The monoisotopic (exact) mass is 393 g/mol. The Hall–Kier alpha value is -2.82. The number of alkyl carbamates (subject to hydrolysis) is 1. The molecule has 29 heavy (non-hydrogen) atoms. The fourth-order valence-electron chi connectivity index (χ4n) is 4.60. The third-order valence-corrected chi connectivity index (χ3v) is 6.38. The number of carbonyl (C=O) groups is 2. The van der Waals surface area contributed by atoms with Crippen LogP contribution in [0.2, 0.25) is 0 Å². The van der Waals surface area contributed by atoms with Crippen molar-refractivity contribution in [3.05, 3.63) is 59.7 Å². The van der Waals surface area contributed by atoms with Crippen LogP contribution < -0.4 is 5.32 Å². The highest BCUT2D eigenvalue weighted by molar-refractivity contribution is 5.82. The van der Waals surface area contributed by atoms with Crippen molar-refractivity contribution in [1.29, 1.82) is 0 Å². The first-order chi connectivity index (χ1) is 14.0. The van der Waals surface area contributed by atoms with Gasteiger partial charge in [-0.05, 0) is 46.9 Å². The van der Waals surface area contributed by atoms with Gasteiger partial charge in [0.05, 0.1) is 7.11 Å². The van der Waals surface area contributed by atoms with Crippen molar-refractivity contribution >= 4 is 12.1 Å². The highest BCUT2D eigenvalue weighted by Gasteiger charge is 2.38. The Bertz CT molecular complexity index is 873. The normalized spacial score (nSPS) is 17.4. The molecule has 1 saturated carbocycles. The Labute approximate surface area is 171 Å². The van der Waals surface area contributed by atoms with Gasteiger partial charge in [-0.25, -0.2) is 9.59 Å². The van der Waals surface area contributed by atoms with Crippen LogP contribution in [-0.4, -0.2) is 31.8 Å². The fourth-order valence-corrected chi connectivity index (χ4v) is 4.60. The average molecular weight is 393 g/mol. The molecule has 4 rings (SSSR count). The van der Waals surface area contributed by atoms with Gasteiger partial charge in [0.2, 0.25) is 0 Å². The zero-order valence-electron chi connectivity index (χ0n) is 16.9. The number of ether oxygens (including phenoxy) is 2. The molecule has 5 nitrogen and oxygen atoms in total. The number of rotatable bonds is 6. The Morgan fingerprint density at radius 1 is 1.07 bits per heavy atom. The molecule has 1 amide bonds. The van der Waals surface area contributed by atoms with Crippen molar-refractivity contribution in [3.8, 4) is 11.1 Å². The Balaban J connectivity index is 1.43. The van der Waals surface area contributed by atoms with Crippen LogP contribution in [0.4, 0.5) is 4.79 Å². The lowest BCUT2D eigenvalue weighted by Gasteiger charge is -2.40. The molecule has 1 fully saturated rings. The van der Waals surface area contributed by atoms with E-state index in [1.54, 1.807) is 0 Å². The molecule has 152 valence electrons. The van der Waals surface area contributed by atoms with Gasteiger partial charge < -0.3 is 14.8 Å². The second-order valence-corrected chi connectivity index (χ2v) is 8.41. The fraction of sp³-hybridized carbons (Fsp3) is 0.417. The van der Waals surface area contributed by atoms with Gasteiger partial charge in [-0.3, -0.25) is 0 Å². The SMILES string of the molecule is COC(=O)[C@@H](CC1(C)CCC1)NC(=O)OCC1c2ccccc2-c2ccccc21. The van der Waals surface area contributed by atoms with Crippen molar-refractivity contribution in [2.45, 2.75) is 44.6 Å². The van der Waals surface area contributed by atoms with Crippen LogP contribution in [-0.2, 0) is 14.3 Å². The molecular weight excluding hydrogens is 366 g/mol. The van der Waals surface area contributed by atoms with Gasteiger partial charge in [0.1, 0.15) is 12.6 Å². The predicted molar refractivity (Wildman–Crippen MR) is 111 cm³/mol. The van der Waals surface area contributed by atoms with E-state index in [4.69, 9.17) is 9.47 Å². The number of carbonyl (C=O) groups excluding carboxylic acids is 2. The first-order valence-corrected chi connectivity index (χ1v) is 10.2. The van der Waals surface area contributed by atoms with Gasteiger partial charge in [-0.1, -0.05) is 61.9 Å². The number of hydrogen-bond acceptors (Lipinski definition) is 4. The molecule has 0 radical (unpaired) electrons. The number of methoxy groups -OCH3 is 1. The summed E-state index contributed by atoms with van der Waals surface area (Å²) in [7, 11) is 1.35. The molecule has 1 N–H and O–H groups in total. The molecule has 0 saturated heterocycles. The molecule has 2 aromatic rings. The van der Waals surface area contributed by atoms with Crippen molar-refractivity contribution in [2.24, 2.45) is 5.41 Å². The highest BCUT2D eigenvalue weighted by atomic mass is 16.6. The van der Waals surface area contributed by atoms with Gasteiger partial charge >= 0.3 is 12.1 Å². The third-order valence-electron chi connectivity index (χ3n) is 6.38. The van der Waals surface area contributed by atoms with Crippen LogP contribution in [0.1, 0.15) is 49.7 Å². The van der Waals surface area contributed by atoms with E-state index in [1.807, 2.05) is 24.3 Å². The van der Waals surface area contributed by atoms with E-state index in [1.165, 1.54) is 18.2 Å². The summed E-state index contributed by atoms with van der Waals surface area (Å²) in [6.07, 6.45) is 3.28. The first kappa shape index (κ1) is 19.5. The number of hydrogen-bond donors (Lipinski definition) is 1. The van der Waals surface area contributed by atoms with Crippen LogP contribution in [0, 0.1) is 5.41 Å². The average Bonchev–Trinajstić information content (AvgIpc) is 3.04. The van der Waals surface area contributed by atoms with Crippen LogP contribution in [0.5, 0.6) is 0 Å². The molecule has 0 unspecified atom stereocenters. The lowest BCUT2D eigenvalue weighted by molar-refractivity contribution is -0.144. The van der Waals surface area contributed by atoms with Crippen molar-refractivity contribution in [2.75, 3.05) is 13.7 Å². The largest absolute Gasteiger partial charge is 0.467 e. The molecule has 0 spiro atoms. The summed E-state index contributed by atoms with van der Waals surface area (Å²) >= 11 is 0. The van der Waals surface area contributed by atoms with Gasteiger partial charge in [0.25, 0.3) is 0 Å².